The zero-order valence-electron chi connectivity index (χ0n) is 11.1. The first-order valence-corrected chi connectivity index (χ1v) is 8.12. The Labute approximate surface area is 125 Å². The molecule has 1 aromatic heterocycles. The molecule has 0 amide bonds. The van der Waals surface area contributed by atoms with Gasteiger partial charge in [-0.3, -0.25) is 0 Å². The third-order valence-electron chi connectivity index (χ3n) is 2.60. The van der Waals surface area contributed by atoms with Crippen molar-refractivity contribution in [1.82, 2.24) is 4.98 Å². The number of nitrogens with one attached hydrogen (secondary N) is 1. The zero-order chi connectivity index (χ0) is 16.3. The minimum Gasteiger partial charge on any atom is -0.389 e. The Morgan fingerprint density at radius 3 is 2.52 bits per heavy atom. The molecule has 0 saturated carbocycles. The Balaban J connectivity index is 3.00. The van der Waals surface area contributed by atoms with Crippen molar-refractivity contribution in [2.45, 2.75) is 13.1 Å². The van der Waals surface area contributed by atoms with E-state index in [9.17, 15) is 21.6 Å². The van der Waals surface area contributed by atoms with E-state index in [1.807, 2.05) is 0 Å². The molecule has 0 radical (unpaired) electrons. The largest absolute Gasteiger partial charge is 0.433 e. The molecule has 0 aliphatic rings. The number of sulfone groups is 1. The van der Waals surface area contributed by atoms with Gasteiger partial charge in [0.2, 0.25) is 0 Å². The summed E-state index contributed by atoms with van der Waals surface area (Å²) in [4.78, 5) is 3.28. The molecule has 3 N–H and O–H groups in total. The molecule has 0 aliphatic heterocycles. The maximum absolute atomic E-state index is 12.6. The highest BCUT2D eigenvalue weighted by molar-refractivity contribution is 7.91. The van der Waals surface area contributed by atoms with E-state index in [4.69, 9.17) is 18.0 Å². The topological polar surface area (TPSA) is 85.1 Å². The molecule has 118 valence electrons. The molecule has 0 fully saturated rings. The number of rotatable bonds is 6. The number of halogens is 3. The Kier molecular flexibility index (Phi) is 5.51. The molecule has 1 heterocycles. The van der Waals surface area contributed by atoms with E-state index in [1.165, 1.54) is 6.92 Å². The summed E-state index contributed by atoms with van der Waals surface area (Å²) >= 11 is 4.73. The minimum atomic E-state index is -4.61. The van der Waals surface area contributed by atoms with Crippen LogP contribution in [0.3, 0.4) is 0 Å². The Morgan fingerprint density at radius 2 is 2.05 bits per heavy atom. The van der Waals surface area contributed by atoms with Crippen molar-refractivity contribution in [3.8, 4) is 0 Å². The second kappa shape index (κ2) is 6.56. The zero-order valence-corrected chi connectivity index (χ0v) is 12.7. The van der Waals surface area contributed by atoms with E-state index in [2.05, 4.69) is 10.3 Å². The normalized spacial score (nSPS) is 12.2. The van der Waals surface area contributed by atoms with Crippen LogP contribution in [0.1, 0.15) is 18.2 Å². The van der Waals surface area contributed by atoms with E-state index in [-0.39, 0.29) is 34.4 Å². The Morgan fingerprint density at radius 1 is 1.43 bits per heavy atom. The molecular weight excluding hydrogens is 327 g/mol. The summed E-state index contributed by atoms with van der Waals surface area (Å²) in [7, 11) is -3.24. The molecule has 0 spiro atoms. The van der Waals surface area contributed by atoms with Gasteiger partial charge in [0.1, 0.15) is 16.5 Å². The first-order chi connectivity index (χ1) is 9.57. The summed E-state index contributed by atoms with van der Waals surface area (Å²) in [5, 5.41) is 2.54. The lowest BCUT2D eigenvalue weighted by molar-refractivity contribution is -0.141. The van der Waals surface area contributed by atoms with Crippen molar-refractivity contribution >= 4 is 32.9 Å². The molecule has 0 unspecified atom stereocenters. The maximum Gasteiger partial charge on any atom is 0.433 e. The first kappa shape index (κ1) is 17.6. The van der Waals surface area contributed by atoms with Crippen molar-refractivity contribution in [3.63, 3.8) is 0 Å². The summed E-state index contributed by atoms with van der Waals surface area (Å²) in [6.07, 6.45) is -4.61. The van der Waals surface area contributed by atoms with Gasteiger partial charge in [0.25, 0.3) is 0 Å². The van der Waals surface area contributed by atoms with Crippen LogP contribution in [0.2, 0.25) is 0 Å². The summed E-state index contributed by atoms with van der Waals surface area (Å²) in [5.74, 6) is -0.450. The Bertz CT molecular complexity index is 630. The third-order valence-corrected chi connectivity index (χ3v) is 4.52. The van der Waals surface area contributed by atoms with Crippen LogP contribution in [0.15, 0.2) is 12.1 Å². The number of aromatic nitrogens is 1. The van der Waals surface area contributed by atoms with E-state index in [0.29, 0.717) is 0 Å². The van der Waals surface area contributed by atoms with Gasteiger partial charge < -0.3 is 11.1 Å². The van der Waals surface area contributed by atoms with Gasteiger partial charge in [-0.2, -0.15) is 13.2 Å². The summed E-state index contributed by atoms with van der Waals surface area (Å²) < 4.78 is 60.5. The van der Waals surface area contributed by atoms with Crippen molar-refractivity contribution in [3.05, 3.63) is 23.4 Å². The number of nitrogens with two attached hydrogens (primary N) is 1. The van der Waals surface area contributed by atoms with Crippen molar-refractivity contribution in [2.24, 2.45) is 5.73 Å². The molecule has 0 saturated heterocycles. The molecule has 0 atom stereocenters. The van der Waals surface area contributed by atoms with E-state index >= 15 is 0 Å². The van der Waals surface area contributed by atoms with Gasteiger partial charge in [0.15, 0.2) is 9.84 Å². The van der Waals surface area contributed by atoms with Crippen molar-refractivity contribution in [2.75, 3.05) is 23.4 Å². The van der Waals surface area contributed by atoms with E-state index in [1.54, 1.807) is 0 Å². The van der Waals surface area contributed by atoms with Crippen LogP contribution < -0.4 is 11.1 Å². The molecule has 1 rings (SSSR count). The van der Waals surface area contributed by atoms with E-state index < -0.39 is 21.7 Å². The molecule has 21 heavy (non-hydrogen) atoms. The molecule has 0 aliphatic carbocycles. The third kappa shape index (κ3) is 5.12. The van der Waals surface area contributed by atoms with Crippen LogP contribution in [0.5, 0.6) is 0 Å². The van der Waals surface area contributed by atoms with Gasteiger partial charge in [0.05, 0.1) is 11.3 Å². The average Bonchev–Trinajstić information content (AvgIpc) is 2.37. The highest BCUT2D eigenvalue weighted by atomic mass is 32.2. The lowest BCUT2D eigenvalue weighted by atomic mass is 10.2. The second-order valence-corrected chi connectivity index (χ2v) is 7.03. The number of alkyl halides is 3. The lowest BCUT2D eigenvalue weighted by Crippen LogP contribution is -2.21. The van der Waals surface area contributed by atoms with Gasteiger partial charge >= 0.3 is 6.18 Å². The molecule has 0 bridgehead atoms. The SMILES string of the molecule is CCS(=O)(=O)CCNc1nc(C(F)(F)F)ccc1C(N)=S. The molecule has 5 nitrogen and oxygen atoms in total. The number of thiocarbonyl (C=S) groups is 1. The molecular formula is C11H14F3N3O2S2. The quantitative estimate of drug-likeness (QED) is 0.764. The maximum atomic E-state index is 12.6. The summed E-state index contributed by atoms with van der Waals surface area (Å²) in [6, 6.07) is 1.87. The number of pyridine rings is 1. The predicted octanol–water partition coefficient (Wildman–Crippen LogP) is 1.58. The fraction of sp³-hybridized carbons (Fsp3) is 0.455. The smallest absolute Gasteiger partial charge is 0.389 e. The van der Waals surface area contributed by atoms with Gasteiger partial charge in [0, 0.05) is 12.3 Å². The van der Waals surface area contributed by atoms with Gasteiger partial charge in [-0.05, 0) is 12.1 Å². The van der Waals surface area contributed by atoms with Gasteiger partial charge in [-0.1, -0.05) is 19.1 Å². The summed E-state index contributed by atoms with van der Waals surface area (Å²) in [6.45, 7) is 1.40. The molecule has 0 aromatic carbocycles. The van der Waals surface area contributed by atoms with Crippen LogP contribution in [0.4, 0.5) is 19.0 Å². The standard InChI is InChI=1S/C11H14F3N3O2S2/c1-2-21(18,19)6-5-16-10-7(9(15)20)3-4-8(17-10)11(12,13)14/h3-4H,2,5-6H2,1H3,(H2,15,20)(H,16,17). The fourth-order valence-electron chi connectivity index (χ4n) is 1.42. The predicted molar refractivity (Wildman–Crippen MR) is 77.9 cm³/mol. The number of nitrogens with zero attached hydrogens (tertiary/aromatic N) is 1. The van der Waals surface area contributed by atoms with Crippen LogP contribution in [-0.2, 0) is 16.0 Å². The summed E-state index contributed by atoms with van der Waals surface area (Å²) in [5.41, 5.74) is 4.43. The first-order valence-electron chi connectivity index (χ1n) is 5.89. The van der Waals surface area contributed by atoms with Crippen LogP contribution >= 0.6 is 12.2 Å². The van der Waals surface area contributed by atoms with Crippen LogP contribution in [0.25, 0.3) is 0 Å². The average molecular weight is 341 g/mol. The minimum absolute atomic E-state index is 0.0488. The van der Waals surface area contributed by atoms with Crippen LogP contribution in [-0.4, -0.2) is 36.4 Å². The van der Waals surface area contributed by atoms with E-state index in [0.717, 1.165) is 12.1 Å². The second-order valence-electron chi connectivity index (χ2n) is 4.12. The molecule has 1 aromatic rings. The fourth-order valence-corrected chi connectivity index (χ4v) is 2.29. The van der Waals surface area contributed by atoms with Crippen LogP contribution in [0, 0.1) is 0 Å². The number of hydrogen-bond acceptors (Lipinski definition) is 5. The van der Waals surface area contributed by atoms with Gasteiger partial charge in [-0.15, -0.1) is 0 Å². The monoisotopic (exact) mass is 341 g/mol. The Hall–Kier alpha value is -1.42. The van der Waals surface area contributed by atoms with Gasteiger partial charge in [-0.25, -0.2) is 13.4 Å². The number of hydrogen-bond donors (Lipinski definition) is 2. The van der Waals surface area contributed by atoms with Crippen molar-refractivity contribution < 1.29 is 21.6 Å². The lowest BCUT2D eigenvalue weighted by Gasteiger charge is -2.13. The highest BCUT2D eigenvalue weighted by Crippen LogP contribution is 2.29. The highest BCUT2D eigenvalue weighted by Gasteiger charge is 2.33. The van der Waals surface area contributed by atoms with Crippen molar-refractivity contribution in [1.29, 1.82) is 0 Å². The number of anilines is 1. The molecule has 10 heteroatoms.